The molecule has 1 aromatic heterocycles. The molecule has 0 unspecified atom stereocenters. The van der Waals surface area contributed by atoms with Gasteiger partial charge in [-0.25, -0.2) is 0 Å². The monoisotopic (exact) mass is 513 g/mol. The third-order valence-electron chi connectivity index (χ3n) is 5.74. The first-order valence-corrected chi connectivity index (χ1v) is 11.2. The number of nitrogens with zero attached hydrogens (tertiary/aromatic N) is 4. The zero-order valence-corrected chi connectivity index (χ0v) is 19.9. The van der Waals surface area contributed by atoms with Crippen molar-refractivity contribution in [2.45, 2.75) is 32.1 Å². The third-order valence-corrected chi connectivity index (χ3v) is 5.74. The number of halogens is 3. The van der Waals surface area contributed by atoms with Gasteiger partial charge in [0.05, 0.1) is 50.2 Å². The van der Waals surface area contributed by atoms with E-state index >= 15 is 0 Å². The first kappa shape index (κ1) is 25.6. The number of carbonyl (C=O) groups is 2. The van der Waals surface area contributed by atoms with Gasteiger partial charge in [0, 0.05) is 11.3 Å². The number of anilines is 2. The molecule has 192 valence electrons. The summed E-state index contributed by atoms with van der Waals surface area (Å²) in [7, 11) is 1.42. The summed E-state index contributed by atoms with van der Waals surface area (Å²) in [6, 6.07) is 12.2. The maximum atomic E-state index is 13.5. The van der Waals surface area contributed by atoms with Crippen LogP contribution in [0.25, 0.3) is 0 Å². The number of alkyl halides is 3. The molecular weight excluding hydrogens is 491 g/mol. The van der Waals surface area contributed by atoms with E-state index in [1.807, 2.05) is 13.0 Å². The Morgan fingerprint density at radius 2 is 1.97 bits per heavy atom. The topological polar surface area (TPSA) is 109 Å². The van der Waals surface area contributed by atoms with Gasteiger partial charge in [0.25, 0.3) is 11.8 Å². The largest absolute Gasteiger partial charge is 0.495 e. The minimum atomic E-state index is -4.31. The number of benzene rings is 2. The summed E-state index contributed by atoms with van der Waals surface area (Å²) in [6.07, 6.45) is -3.99. The fourth-order valence-corrected chi connectivity index (χ4v) is 3.98. The third kappa shape index (κ3) is 5.50. The summed E-state index contributed by atoms with van der Waals surface area (Å²) >= 11 is 0. The molecule has 0 aliphatic carbocycles. The Hall–Kier alpha value is -4.53. The number of nitrogens with one attached hydrogen (secondary N) is 1. The van der Waals surface area contributed by atoms with Crippen LogP contribution in [0.15, 0.2) is 48.7 Å². The van der Waals surface area contributed by atoms with Gasteiger partial charge in [0.15, 0.2) is 0 Å². The number of amides is 2. The van der Waals surface area contributed by atoms with E-state index in [1.165, 1.54) is 53.2 Å². The Bertz CT molecular complexity index is 1360. The molecule has 4 rings (SSSR count). The van der Waals surface area contributed by atoms with Crippen molar-refractivity contribution in [2.24, 2.45) is 0 Å². The molecule has 1 N–H and O–H groups in total. The maximum Gasteiger partial charge on any atom is 0.392 e. The van der Waals surface area contributed by atoms with Gasteiger partial charge in [-0.2, -0.15) is 23.5 Å². The Morgan fingerprint density at radius 3 is 2.62 bits per heavy atom. The number of methoxy groups -OCH3 is 1. The van der Waals surface area contributed by atoms with Crippen LogP contribution < -0.4 is 19.7 Å². The highest BCUT2D eigenvalue weighted by molar-refractivity contribution is 6.13. The second-order valence-electron chi connectivity index (χ2n) is 8.30. The highest BCUT2D eigenvalue weighted by Crippen LogP contribution is 2.31. The molecule has 37 heavy (non-hydrogen) atoms. The number of hydrogen-bond donors (Lipinski definition) is 1. The second-order valence-corrected chi connectivity index (χ2v) is 8.30. The van der Waals surface area contributed by atoms with Crippen molar-refractivity contribution >= 4 is 23.2 Å². The summed E-state index contributed by atoms with van der Waals surface area (Å²) in [5, 5.41) is 16.2. The summed E-state index contributed by atoms with van der Waals surface area (Å²) in [5.41, 5.74) is 1.28. The Morgan fingerprint density at radius 1 is 1.24 bits per heavy atom. The van der Waals surface area contributed by atoms with Gasteiger partial charge in [-0.05, 0) is 49.4 Å². The molecule has 0 radical (unpaired) electrons. The summed E-state index contributed by atoms with van der Waals surface area (Å²) < 4.78 is 48.8. The van der Waals surface area contributed by atoms with Crippen LogP contribution in [0.4, 0.5) is 24.5 Å². The lowest BCUT2D eigenvalue weighted by molar-refractivity contribution is -0.139. The summed E-state index contributed by atoms with van der Waals surface area (Å²) in [4.78, 5) is 27.9. The number of fused-ring (bicyclic) bond motifs is 1. The van der Waals surface area contributed by atoms with Gasteiger partial charge in [-0.3, -0.25) is 14.3 Å². The Labute approximate surface area is 210 Å². The van der Waals surface area contributed by atoms with E-state index in [0.29, 0.717) is 18.0 Å². The fourth-order valence-electron chi connectivity index (χ4n) is 3.98. The molecule has 0 fully saturated rings. The van der Waals surface area contributed by atoms with Gasteiger partial charge in [-0.1, -0.05) is 0 Å². The van der Waals surface area contributed by atoms with Crippen molar-refractivity contribution in [2.75, 3.05) is 23.9 Å². The predicted octanol–water partition coefficient (Wildman–Crippen LogP) is 4.40. The molecule has 12 heteroatoms. The smallest absolute Gasteiger partial charge is 0.392 e. The van der Waals surface area contributed by atoms with Crippen molar-refractivity contribution in [3.63, 3.8) is 0 Å². The van der Waals surface area contributed by atoms with Crippen molar-refractivity contribution < 1.29 is 32.2 Å². The molecule has 9 nitrogen and oxygen atoms in total. The summed E-state index contributed by atoms with van der Waals surface area (Å²) in [5.74, 6) is -0.365. The standard InChI is InChI=1S/C25H22F3N5O4/c1-15-14-32-22(20(13-30-32)31-23(34)16-3-8-21(36-2)17(11-16)12-29)24(35)33(15)18-4-6-19(7-5-18)37-10-9-25(26,27)28/h3-8,11,13,15H,9-10,14H2,1-2H3,(H,31,34)/t15-/m0/s1. The van der Waals surface area contributed by atoms with Crippen molar-refractivity contribution in [1.82, 2.24) is 9.78 Å². The fraction of sp³-hybridized carbons (Fsp3) is 0.280. The van der Waals surface area contributed by atoms with Crippen LogP contribution >= 0.6 is 0 Å². The van der Waals surface area contributed by atoms with Gasteiger partial charge < -0.3 is 19.7 Å². The van der Waals surface area contributed by atoms with Crippen LogP contribution in [0.5, 0.6) is 11.5 Å². The van der Waals surface area contributed by atoms with Gasteiger partial charge in [0.1, 0.15) is 23.3 Å². The predicted molar refractivity (Wildman–Crippen MR) is 127 cm³/mol. The SMILES string of the molecule is COc1ccc(C(=O)Nc2cnn3c2C(=O)N(c2ccc(OCCC(F)(F)F)cc2)[C@@H](C)C3)cc1C#N. The average molecular weight is 513 g/mol. The molecule has 1 atom stereocenters. The second kappa shape index (κ2) is 10.2. The van der Waals surface area contributed by atoms with E-state index in [9.17, 15) is 28.0 Å². The minimum absolute atomic E-state index is 0.172. The van der Waals surface area contributed by atoms with Gasteiger partial charge >= 0.3 is 6.18 Å². The van der Waals surface area contributed by atoms with Crippen LogP contribution in [0.3, 0.4) is 0 Å². The molecule has 0 bridgehead atoms. The molecule has 0 saturated heterocycles. The molecule has 2 aromatic carbocycles. The number of aromatic nitrogens is 2. The number of carbonyl (C=O) groups excluding carboxylic acids is 2. The first-order valence-electron chi connectivity index (χ1n) is 11.2. The van der Waals surface area contributed by atoms with E-state index < -0.39 is 31.0 Å². The molecule has 1 aliphatic heterocycles. The molecule has 0 saturated carbocycles. The van der Waals surface area contributed by atoms with E-state index in [-0.39, 0.29) is 34.3 Å². The first-order chi connectivity index (χ1) is 17.6. The highest BCUT2D eigenvalue weighted by atomic mass is 19.4. The number of nitriles is 1. The van der Waals surface area contributed by atoms with Crippen LogP contribution in [-0.2, 0) is 6.54 Å². The zero-order valence-electron chi connectivity index (χ0n) is 19.9. The van der Waals surface area contributed by atoms with E-state index in [4.69, 9.17) is 9.47 Å². The van der Waals surface area contributed by atoms with Gasteiger partial charge in [-0.15, -0.1) is 0 Å². The Kier molecular flexibility index (Phi) is 7.06. The van der Waals surface area contributed by atoms with Gasteiger partial charge in [0.2, 0.25) is 0 Å². The zero-order chi connectivity index (χ0) is 26.7. The maximum absolute atomic E-state index is 13.5. The number of hydrogen-bond acceptors (Lipinski definition) is 6. The number of rotatable bonds is 7. The number of ether oxygens (including phenoxy) is 2. The average Bonchev–Trinajstić information content (AvgIpc) is 3.26. The van der Waals surface area contributed by atoms with Crippen molar-refractivity contribution in [3.05, 3.63) is 65.5 Å². The van der Waals surface area contributed by atoms with E-state index in [0.717, 1.165) is 0 Å². The van der Waals surface area contributed by atoms with Crippen molar-refractivity contribution in [1.29, 1.82) is 5.26 Å². The normalized spacial score (nSPS) is 15.1. The van der Waals surface area contributed by atoms with Crippen LogP contribution in [0.1, 0.15) is 39.8 Å². The Balaban J connectivity index is 1.52. The molecule has 0 spiro atoms. The molecule has 1 aliphatic rings. The van der Waals surface area contributed by atoms with Crippen LogP contribution in [-0.4, -0.2) is 47.5 Å². The lowest BCUT2D eigenvalue weighted by atomic mass is 10.1. The minimum Gasteiger partial charge on any atom is -0.495 e. The summed E-state index contributed by atoms with van der Waals surface area (Å²) in [6.45, 7) is 1.67. The quantitative estimate of drug-likeness (QED) is 0.502. The lowest BCUT2D eigenvalue weighted by Gasteiger charge is -2.34. The van der Waals surface area contributed by atoms with Crippen molar-refractivity contribution in [3.8, 4) is 17.6 Å². The van der Waals surface area contributed by atoms with E-state index in [1.54, 1.807) is 12.1 Å². The molecular formula is C25H22F3N5O4. The highest BCUT2D eigenvalue weighted by Gasteiger charge is 2.35. The van der Waals surface area contributed by atoms with E-state index in [2.05, 4.69) is 10.4 Å². The molecule has 2 heterocycles. The molecule has 3 aromatic rings. The van der Waals surface area contributed by atoms with Crippen LogP contribution in [0.2, 0.25) is 0 Å². The lowest BCUT2D eigenvalue weighted by Crippen LogP contribution is -2.47. The van der Waals surface area contributed by atoms with Crippen LogP contribution in [0, 0.1) is 11.3 Å². The molecule has 2 amide bonds.